The van der Waals surface area contributed by atoms with E-state index in [9.17, 15) is 13.6 Å². The van der Waals surface area contributed by atoms with E-state index in [0.717, 1.165) is 12.8 Å². The van der Waals surface area contributed by atoms with Gasteiger partial charge in [0.05, 0.1) is 6.54 Å². The molecule has 0 spiro atoms. The van der Waals surface area contributed by atoms with E-state index in [4.69, 9.17) is 4.74 Å². The number of nitrogens with one attached hydrogen (secondary N) is 2. The van der Waals surface area contributed by atoms with Crippen molar-refractivity contribution < 1.29 is 18.3 Å². The Morgan fingerprint density at radius 3 is 2.50 bits per heavy atom. The Hall–Kier alpha value is -0.910. The van der Waals surface area contributed by atoms with Crippen molar-refractivity contribution in [2.45, 2.75) is 64.1 Å². The molecule has 0 radical (unpaired) electrons. The lowest BCUT2D eigenvalue weighted by Crippen LogP contribution is -2.39. The SMILES string of the molecule is CC(C)(C)OC(=O)NC1CCC(NCC(F)F)C1. The van der Waals surface area contributed by atoms with E-state index in [-0.39, 0.29) is 18.6 Å². The smallest absolute Gasteiger partial charge is 0.407 e. The molecule has 1 aliphatic rings. The van der Waals surface area contributed by atoms with Crippen LogP contribution in [0.2, 0.25) is 0 Å². The summed E-state index contributed by atoms with van der Waals surface area (Å²) in [5.41, 5.74) is -0.518. The number of hydrogen-bond donors (Lipinski definition) is 2. The molecule has 2 unspecified atom stereocenters. The van der Waals surface area contributed by atoms with Gasteiger partial charge < -0.3 is 15.4 Å². The third-order valence-electron chi connectivity index (χ3n) is 2.71. The molecule has 0 aromatic carbocycles. The molecule has 106 valence electrons. The number of alkyl carbamates (subject to hydrolysis) is 1. The topological polar surface area (TPSA) is 50.4 Å². The van der Waals surface area contributed by atoms with Crippen LogP contribution in [0.3, 0.4) is 0 Å². The van der Waals surface area contributed by atoms with Gasteiger partial charge in [-0.15, -0.1) is 0 Å². The van der Waals surface area contributed by atoms with Crippen LogP contribution >= 0.6 is 0 Å². The fourth-order valence-electron chi connectivity index (χ4n) is 2.03. The molecule has 1 saturated carbocycles. The Morgan fingerprint density at radius 2 is 1.94 bits per heavy atom. The molecule has 6 heteroatoms. The first-order valence-corrected chi connectivity index (χ1v) is 6.27. The lowest BCUT2D eigenvalue weighted by Gasteiger charge is -2.21. The summed E-state index contributed by atoms with van der Waals surface area (Å²) >= 11 is 0. The molecular formula is C12H22F2N2O2. The average Bonchev–Trinajstić information content (AvgIpc) is 2.59. The summed E-state index contributed by atoms with van der Waals surface area (Å²) in [7, 11) is 0. The minimum Gasteiger partial charge on any atom is -0.444 e. The van der Waals surface area contributed by atoms with Crippen LogP contribution in [0.25, 0.3) is 0 Å². The van der Waals surface area contributed by atoms with E-state index in [1.807, 2.05) is 0 Å². The average molecular weight is 264 g/mol. The maximum absolute atomic E-state index is 12.0. The van der Waals surface area contributed by atoms with Crippen molar-refractivity contribution in [2.75, 3.05) is 6.54 Å². The molecule has 0 aliphatic heterocycles. The van der Waals surface area contributed by atoms with Crippen molar-refractivity contribution in [3.8, 4) is 0 Å². The summed E-state index contributed by atoms with van der Waals surface area (Å²) in [6.07, 6.45) is -0.510. The van der Waals surface area contributed by atoms with Crippen LogP contribution in [0.1, 0.15) is 40.0 Å². The van der Waals surface area contributed by atoms with Crippen LogP contribution in [0.5, 0.6) is 0 Å². The number of hydrogen-bond acceptors (Lipinski definition) is 3. The fraction of sp³-hybridized carbons (Fsp3) is 0.917. The molecule has 4 nitrogen and oxygen atoms in total. The van der Waals surface area contributed by atoms with E-state index in [0.29, 0.717) is 6.42 Å². The first-order valence-electron chi connectivity index (χ1n) is 6.27. The van der Waals surface area contributed by atoms with Gasteiger partial charge in [0.2, 0.25) is 0 Å². The quantitative estimate of drug-likeness (QED) is 0.819. The van der Waals surface area contributed by atoms with Crippen LogP contribution < -0.4 is 10.6 Å². The summed E-state index contributed by atoms with van der Waals surface area (Å²) in [5, 5.41) is 5.55. The van der Waals surface area contributed by atoms with Gasteiger partial charge in [-0.2, -0.15) is 0 Å². The number of amides is 1. The summed E-state index contributed by atoms with van der Waals surface area (Å²) < 4.78 is 29.2. The molecule has 0 heterocycles. The van der Waals surface area contributed by atoms with Crippen LogP contribution in [0.4, 0.5) is 13.6 Å². The van der Waals surface area contributed by atoms with Crippen LogP contribution in [0.15, 0.2) is 0 Å². The Morgan fingerprint density at radius 1 is 1.33 bits per heavy atom. The summed E-state index contributed by atoms with van der Waals surface area (Å²) in [6.45, 7) is 5.11. The number of ether oxygens (including phenoxy) is 1. The lowest BCUT2D eigenvalue weighted by molar-refractivity contribution is 0.0504. The molecule has 2 N–H and O–H groups in total. The zero-order valence-electron chi connectivity index (χ0n) is 11.1. The highest BCUT2D eigenvalue weighted by molar-refractivity contribution is 5.68. The predicted molar refractivity (Wildman–Crippen MR) is 64.8 cm³/mol. The van der Waals surface area contributed by atoms with Gasteiger partial charge in [-0.25, -0.2) is 13.6 Å². The van der Waals surface area contributed by atoms with Gasteiger partial charge in [0.15, 0.2) is 0 Å². The van der Waals surface area contributed by atoms with Gasteiger partial charge in [-0.1, -0.05) is 0 Å². The molecule has 1 fully saturated rings. The van der Waals surface area contributed by atoms with E-state index in [2.05, 4.69) is 10.6 Å². The van der Waals surface area contributed by atoms with Crippen molar-refractivity contribution in [1.29, 1.82) is 0 Å². The van der Waals surface area contributed by atoms with E-state index in [1.165, 1.54) is 0 Å². The third-order valence-corrected chi connectivity index (χ3v) is 2.71. The second-order valence-corrected chi connectivity index (χ2v) is 5.65. The van der Waals surface area contributed by atoms with Crippen molar-refractivity contribution in [3.63, 3.8) is 0 Å². The van der Waals surface area contributed by atoms with E-state index in [1.54, 1.807) is 20.8 Å². The number of rotatable bonds is 4. The molecule has 2 atom stereocenters. The van der Waals surface area contributed by atoms with Gasteiger partial charge in [-0.05, 0) is 40.0 Å². The molecule has 1 amide bonds. The molecule has 0 bridgehead atoms. The van der Waals surface area contributed by atoms with Gasteiger partial charge in [0, 0.05) is 12.1 Å². The van der Waals surface area contributed by atoms with Gasteiger partial charge in [0.25, 0.3) is 6.43 Å². The first-order chi connectivity index (χ1) is 8.26. The molecule has 0 aromatic rings. The van der Waals surface area contributed by atoms with Crippen molar-refractivity contribution >= 4 is 6.09 Å². The molecule has 0 aromatic heterocycles. The van der Waals surface area contributed by atoms with Gasteiger partial charge >= 0.3 is 6.09 Å². The highest BCUT2D eigenvalue weighted by Crippen LogP contribution is 2.20. The predicted octanol–water partition coefficient (Wildman–Crippen LogP) is 2.29. The number of carbonyl (C=O) groups is 1. The van der Waals surface area contributed by atoms with Crippen molar-refractivity contribution in [1.82, 2.24) is 10.6 Å². The molecule has 1 rings (SSSR count). The number of carbonyl (C=O) groups excluding carboxylic acids is 1. The van der Waals surface area contributed by atoms with E-state index >= 15 is 0 Å². The Kier molecular flexibility index (Phi) is 5.31. The molecule has 18 heavy (non-hydrogen) atoms. The monoisotopic (exact) mass is 264 g/mol. The second kappa shape index (κ2) is 6.31. The van der Waals surface area contributed by atoms with Crippen LogP contribution in [-0.2, 0) is 4.74 Å². The highest BCUT2D eigenvalue weighted by Gasteiger charge is 2.27. The summed E-state index contributed by atoms with van der Waals surface area (Å²) in [6, 6.07) is 0.0639. The second-order valence-electron chi connectivity index (χ2n) is 5.65. The maximum Gasteiger partial charge on any atom is 0.407 e. The Balaban J connectivity index is 2.24. The number of halogens is 2. The largest absolute Gasteiger partial charge is 0.444 e. The lowest BCUT2D eigenvalue weighted by atomic mass is 10.2. The summed E-state index contributed by atoms with van der Waals surface area (Å²) in [5.74, 6) is 0. The zero-order valence-corrected chi connectivity index (χ0v) is 11.1. The number of alkyl halides is 2. The normalized spacial score (nSPS) is 24.3. The minimum atomic E-state index is -2.33. The van der Waals surface area contributed by atoms with Crippen molar-refractivity contribution in [3.05, 3.63) is 0 Å². The first kappa shape index (κ1) is 15.1. The van der Waals surface area contributed by atoms with Gasteiger partial charge in [0.1, 0.15) is 5.60 Å². The standard InChI is InChI=1S/C12H22F2N2O2/c1-12(2,3)18-11(17)16-9-5-4-8(6-9)15-7-10(13)14/h8-10,15H,4-7H2,1-3H3,(H,16,17). The Bertz CT molecular complexity index is 280. The maximum atomic E-state index is 12.0. The Labute approximate surface area is 106 Å². The molecule has 0 saturated heterocycles. The van der Waals surface area contributed by atoms with Crippen molar-refractivity contribution in [2.24, 2.45) is 0 Å². The van der Waals surface area contributed by atoms with Crippen LogP contribution in [-0.4, -0.2) is 36.7 Å². The van der Waals surface area contributed by atoms with Crippen LogP contribution in [0, 0.1) is 0 Å². The minimum absolute atomic E-state index is 0.00928. The molecular weight excluding hydrogens is 242 g/mol. The molecule has 1 aliphatic carbocycles. The summed E-state index contributed by atoms with van der Waals surface area (Å²) in [4.78, 5) is 11.5. The van der Waals surface area contributed by atoms with E-state index < -0.39 is 18.1 Å². The third kappa shape index (κ3) is 6.14. The fourth-order valence-corrected chi connectivity index (χ4v) is 2.03. The van der Waals surface area contributed by atoms with Gasteiger partial charge in [-0.3, -0.25) is 0 Å². The zero-order chi connectivity index (χ0) is 13.8. The highest BCUT2D eigenvalue weighted by atomic mass is 19.3.